The average molecular weight is 349 g/mol. The van der Waals surface area contributed by atoms with Crippen LogP contribution in [0.2, 0.25) is 0 Å². The molecule has 3 aromatic rings. The molecule has 1 aliphatic rings. The molecule has 0 aliphatic carbocycles. The second-order valence-electron chi connectivity index (χ2n) is 6.36. The maximum absolute atomic E-state index is 13.0. The number of nitrogens with zero attached hydrogens (tertiary/aromatic N) is 1. The Hall–Kier alpha value is -3.08. The Balaban J connectivity index is 1.93. The molecule has 0 amide bonds. The molecule has 1 aromatic heterocycles. The summed E-state index contributed by atoms with van der Waals surface area (Å²) in [4.78, 5) is 25.3. The van der Waals surface area contributed by atoms with E-state index in [0.29, 0.717) is 17.9 Å². The summed E-state index contributed by atoms with van der Waals surface area (Å²) < 4.78 is 12.6. The van der Waals surface area contributed by atoms with Crippen molar-refractivity contribution in [3.8, 4) is 11.5 Å². The summed E-state index contributed by atoms with van der Waals surface area (Å²) >= 11 is 0. The van der Waals surface area contributed by atoms with E-state index in [-0.39, 0.29) is 23.9 Å². The molecule has 0 bridgehead atoms. The first-order valence-electron chi connectivity index (χ1n) is 8.65. The van der Waals surface area contributed by atoms with Crippen molar-refractivity contribution in [2.24, 2.45) is 7.05 Å². The highest BCUT2D eigenvalue weighted by Crippen LogP contribution is 2.40. The summed E-state index contributed by atoms with van der Waals surface area (Å²) in [6.45, 7) is 2.51. The first-order chi connectivity index (χ1) is 12.6. The van der Waals surface area contributed by atoms with Crippen LogP contribution < -0.4 is 15.0 Å². The Bertz CT molecular complexity index is 1050. The highest BCUT2D eigenvalue weighted by Gasteiger charge is 2.33. The first-order valence-corrected chi connectivity index (χ1v) is 8.65. The molecule has 2 aromatic carbocycles. The average Bonchev–Trinajstić information content (AvgIpc) is 2.66. The van der Waals surface area contributed by atoms with Crippen molar-refractivity contribution in [3.05, 3.63) is 70.0 Å². The van der Waals surface area contributed by atoms with E-state index in [0.717, 1.165) is 22.2 Å². The number of ether oxygens (including phenoxy) is 2. The lowest BCUT2D eigenvalue weighted by Crippen LogP contribution is -2.31. The summed E-state index contributed by atoms with van der Waals surface area (Å²) in [5.41, 5.74) is 2.05. The summed E-state index contributed by atoms with van der Waals surface area (Å²) in [7, 11) is 1.75. The Kier molecular flexibility index (Phi) is 3.99. The van der Waals surface area contributed by atoms with Gasteiger partial charge in [-0.3, -0.25) is 9.59 Å². The molecule has 1 atom stereocenters. The first kappa shape index (κ1) is 16.4. The number of rotatable bonds is 3. The number of hydrogen-bond donors (Lipinski definition) is 0. The SMILES string of the molecule is CCOc1ccc([C@@H]2CC(=O)Oc3c2c(=O)n(C)c2ccccc32)cc1. The third kappa shape index (κ3) is 2.56. The number of carbonyl (C=O) groups excluding carboxylic acids is 1. The van der Waals surface area contributed by atoms with Gasteiger partial charge in [-0.15, -0.1) is 0 Å². The predicted octanol–water partition coefficient (Wildman–Crippen LogP) is 3.38. The molecule has 26 heavy (non-hydrogen) atoms. The Morgan fingerprint density at radius 1 is 1.12 bits per heavy atom. The number of para-hydroxylation sites is 1. The second-order valence-corrected chi connectivity index (χ2v) is 6.36. The van der Waals surface area contributed by atoms with E-state index in [4.69, 9.17) is 9.47 Å². The predicted molar refractivity (Wildman–Crippen MR) is 98.9 cm³/mol. The molecule has 0 saturated heterocycles. The van der Waals surface area contributed by atoms with E-state index in [9.17, 15) is 9.59 Å². The van der Waals surface area contributed by atoms with E-state index in [2.05, 4.69) is 0 Å². The summed E-state index contributed by atoms with van der Waals surface area (Å²) in [6.07, 6.45) is 0.147. The fourth-order valence-corrected chi connectivity index (χ4v) is 3.58. The number of fused-ring (bicyclic) bond motifs is 3. The van der Waals surface area contributed by atoms with Gasteiger partial charge in [-0.05, 0) is 36.8 Å². The van der Waals surface area contributed by atoms with Crippen LogP contribution in [0.5, 0.6) is 11.5 Å². The number of esters is 1. The molecular weight excluding hydrogens is 330 g/mol. The van der Waals surface area contributed by atoms with Gasteiger partial charge in [0, 0.05) is 18.4 Å². The van der Waals surface area contributed by atoms with Gasteiger partial charge in [0.1, 0.15) is 11.5 Å². The van der Waals surface area contributed by atoms with Crippen molar-refractivity contribution in [2.45, 2.75) is 19.3 Å². The molecule has 5 heteroatoms. The number of aromatic nitrogens is 1. The largest absolute Gasteiger partial charge is 0.494 e. The number of pyridine rings is 1. The van der Waals surface area contributed by atoms with Crippen molar-refractivity contribution < 1.29 is 14.3 Å². The summed E-state index contributed by atoms with van der Waals surface area (Å²) in [5.74, 6) is 0.500. The third-order valence-corrected chi connectivity index (χ3v) is 4.82. The third-order valence-electron chi connectivity index (χ3n) is 4.82. The van der Waals surface area contributed by atoms with E-state index in [1.807, 2.05) is 55.5 Å². The van der Waals surface area contributed by atoms with Gasteiger partial charge in [-0.25, -0.2) is 0 Å². The smallest absolute Gasteiger partial charge is 0.312 e. The topological polar surface area (TPSA) is 57.5 Å². The van der Waals surface area contributed by atoms with Crippen LogP contribution in [0.15, 0.2) is 53.3 Å². The van der Waals surface area contributed by atoms with Gasteiger partial charge in [0.2, 0.25) is 0 Å². The fourth-order valence-electron chi connectivity index (χ4n) is 3.58. The Morgan fingerprint density at radius 2 is 1.85 bits per heavy atom. The lowest BCUT2D eigenvalue weighted by molar-refractivity contribution is -0.135. The van der Waals surface area contributed by atoms with Crippen LogP contribution >= 0.6 is 0 Å². The van der Waals surface area contributed by atoms with Gasteiger partial charge < -0.3 is 14.0 Å². The molecule has 5 nitrogen and oxygen atoms in total. The van der Waals surface area contributed by atoms with Crippen LogP contribution in [0.4, 0.5) is 0 Å². The molecule has 0 radical (unpaired) electrons. The Morgan fingerprint density at radius 3 is 2.58 bits per heavy atom. The van der Waals surface area contributed by atoms with Gasteiger partial charge in [0.25, 0.3) is 5.56 Å². The van der Waals surface area contributed by atoms with Crippen molar-refractivity contribution >= 4 is 16.9 Å². The number of aryl methyl sites for hydroxylation is 1. The quantitative estimate of drug-likeness (QED) is 0.680. The number of benzene rings is 2. The molecule has 0 spiro atoms. The molecule has 132 valence electrons. The summed E-state index contributed by atoms with van der Waals surface area (Å²) in [5, 5.41) is 0.772. The normalized spacial score (nSPS) is 16.2. The maximum atomic E-state index is 13.0. The Labute approximate surface area is 150 Å². The molecule has 0 unspecified atom stereocenters. The number of carbonyl (C=O) groups is 1. The fraction of sp³-hybridized carbons (Fsp3) is 0.238. The zero-order valence-electron chi connectivity index (χ0n) is 14.7. The minimum absolute atomic E-state index is 0.134. The van der Waals surface area contributed by atoms with Crippen LogP contribution in [0.25, 0.3) is 10.9 Å². The zero-order valence-corrected chi connectivity index (χ0v) is 14.7. The van der Waals surface area contributed by atoms with Crippen LogP contribution in [0.3, 0.4) is 0 Å². The van der Waals surface area contributed by atoms with Crippen molar-refractivity contribution in [1.82, 2.24) is 4.57 Å². The van der Waals surface area contributed by atoms with E-state index in [1.165, 1.54) is 0 Å². The molecule has 0 N–H and O–H groups in total. The minimum Gasteiger partial charge on any atom is -0.494 e. The molecule has 0 fully saturated rings. The molecule has 1 aliphatic heterocycles. The van der Waals surface area contributed by atoms with Crippen molar-refractivity contribution in [3.63, 3.8) is 0 Å². The van der Waals surface area contributed by atoms with Crippen LogP contribution in [0, 0.1) is 0 Å². The molecular formula is C21H19NO4. The van der Waals surface area contributed by atoms with E-state index in [1.54, 1.807) is 11.6 Å². The van der Waals surface area contributed by atoms with Gasteiger partial charge >= 0.3 is 5.97 Å². The van der Waals surface area contributed by atoms with Crippen LogP contribution in [-0.2, 0) is 11.8 Å². The van der Waals surface area contributed by atoms with Gasteiger partial charge in [-0.1, -0.05) is 24.3 Å². The van der Waals surface area contributed by atoms with Crippen LogP contribution in [0.1, 0.15) is 30.4 Å². The highest BCUT2D eigenvalue weighted by atomic mass is 16.5. The lowest BCUT2D eigenvalue weighted by atomic mass is 9.86. The van der Waals surface area contributed by atoms with Gasteiger partial charge in [-0.2, -0.15) is 0 Å². The van der Waals surface area contributed by atoms with Crippen molar-refractivity contribution in [1.29, 1.82) is 0 Å². The number of hydrogen-bond acceptors (Lipinski definition) is 4. The minimum atomic E-state index is -0.328. The van der Waals surface area contributed by atoms with E-state index >= 15 is 0 Å². The monoisotopic (exact) mass is 349 g/mol. The van der Waals surface area contributed by atoms with Crippen molar-refractivity contribution in [2.75, 3.05) is 6.61 Å². The lowest BCUT2D eigenvalue weighted by Gasteiger charge is -2.26. The standard InChI is InChI=1S/C21H19NO4/c1-3-25-14-10-8-13(9-11-14)16-12-18(23)26-20-15-6-4-5-7-17(15)22(2)21(24)19(16)20/h4-11,16H,3,12H2,1-2H3/t16-/m0/s1. The van der Waals surface area contributed by atoms with Gasteiger partial charge in [0.05, 0.1) is 24.1 Å². The molecule has 2 heterocycles. The maximum Gasteiger partial charge on any atom is 0.312 e. The molecule has 0 saturated carbocycles. The summed E-state index contributed by atoms with van der Waals surface area (Å²) in [6, 6.07) is 15.0. The molecule has 4 rings (SSSR count). The highest BCUT2D eigenvalue weighted by molar-refractivity contribution is 5.91. The van der Waals surface area contributed by atoms with E-state index < -0.39 is 0 Å². The van der Waals surface area contributed by atoms with Gasteiger partial charge in [0.15, 0.2) is 0 Å². The zero-order chi connectivity index (χ0) is 18.3. The second kappa shape index (κ2) is 6.33. The van der Waals surface area contributed by atoms with Crippen LogP contribution in [-0.4, -0.2) is 17.1 Å².